The number of hydrogen-bond acceptors (Lipinski definition) is 3. The summed E-state index contributed by atoms with van der Waals surface area (Å²) in [5.41, 5.74) is -0.740. The van der Waals surface area contributed by atoms with Crippen LogP contribution in [0.25, 0.3) is 0 Å². The van der Waals surface area contributed by atoms with Gasteiger partial charge in [0.25, 0.3) is 5.92 Å². The first-order valence-electron chi connectivity index (χ1n) is 9.67. The average molecular weight is 361 g/mol. The number of rotatable bonds is 4. The van der Waals surface area contributed by atoms with Crippen LogP contribution >= 0.6 is 0 Å². The highest BCUT2D eigenvalue weighted by molar-refractivity contribution is 5.01. The molecule has 0 saturated carbocycles. The maximum Gasteiger partial charge on any atom is 0.263 e. The van der Waals surface area contributed by atoms with E-state index in [1.54, 1.807) is 7.11 Å². The third-order valence-corrected chi connectivity index (χ3v) is 6.76. The van der Waals surface area contributed by atoms with Crippen LogP contribution < -0.4 is 0 Å². The Morgan fingerprint density at radius 1 is 1.04 bits per heavy atom. The lowest BCUT2D eigenvalue weighted by Gasteiger charge is -2.53. The molecule has 2 fully saturated rings. The smallest absolute Gasteiger partial charge is 0.263 e. The number of methoxy groups -OCH3 is 1. The van der Waals surface area contributed by atoms with Gasteiger partial charge in [-0.2, -0.15) is 0 Å². The molecule has 148 valence electrons. The van der Waals surface area contributed by atoms with Gasteiger partial charge in [-0.05, 0) is 38.3 Å². The van der Waals surface area contributed by atoms with Gasteiger partial charge in [0.05, 0.1) is 12.1 Å². The van der Waals surface area contributed by atoms with Crippen LogP contribution in [0.3, 0.4) is 0 Å². The molecule has 2 aliphatic heterocycles. The minimum atomic E-state index is -2.63. The summed E-state index contributed by atoms with van der Waals surface area (Å²) in [6.07, 6.45) is 2.49. The van der Waals surface area contributed by atoms with Gasteiger partial charge in [0.2, 0.25) is 0 Å². The summed E-state index contributed by atoms with van der Waals surface area (Å²) < 4.78 is 35.6. The predicted molar refractivity (Wildman–Crippen MR) is 99.2 cm³/mol. The maximum atomic E-state index is 14.8. The van der Waals surface area contributed by atoms with E-state index >= 15 is 0 Å². The number of hydrogen-bond donors (Lipinski definition) is 0. The summed E-state index contributed by atoms with van der Waals surface area (Å²) in [5.74, 6) is -3.17. The van der Waals surface area contributed by atoms with E-state index in [0.717, 1.165) is 32.5 Å². The Hall–Kier alpha value is -0.260. The normalized spacial score (nSPS) is 28.9. The number of likely N-dealkylation sites (tertiary alicyclic amines) is 2. The quantitative estimate of drug-likeness (QED) is 0.750. The van der Waals surface area contributed by atoms with Crippen LogP contribution in [0.4, 0.5) is 8.78 Å². The highest BCUT2D eigenvalue weighted by Crippen LogP contribution is 2.46. The van der Waals surface area contributed by atoms with Crippen molar-refractivity contribution in [3.05, 3.63) is 0 Å². The van der Waals surface area contributed by atoms with E-state index in [-0.39, 0.29) is 23.0 Å². The van der Waals surface area contributed by atoms with Crippen LogP contribution in [-0.2, 0) is 4.74 Å². The van der Waals surface area contributed by atoms with Crippen molar-refractivity contribution in [1.82, 2.24) is 9.80 Å². The van der Waals surface area contributed by atoms with Crippen molar-refractivity contribution in [2.24, 2.45) is 16.7 Å². The Kier molecular flexibility index (Phi) is 5.93. The van der Waals surface area contributed by atoms with E-state index in [1.165, 1.54) is 0 Å². The zero-order chi connectivity index (χ0) is 19.1. The molecule has 3 nitrogen and oxygen atoms in total. The first-order chi connectivity index (χ1) is 11.3. The lowest BCUT2D eigenvalue weighted by atomic mass is 9.68. The van der Waals surface area contributed by atoms with Crippen LogP contribution in [0.5, 0.6) is 0 Å². The second-order valence-corrected chi connectivity index (χ2v) is 10.1. The number of alkyl halides is 2. The molecule has 2 aliphatic rings. The molecule has 2 saturated heterocycles. The summed E-state index contributed by atoms with van der Waals surface area (Å²) >= 11 is 0. The molecule has 0 N–H and O–H groups in total. The van der Waals surface area contributed by atoms with Gasteiger partial charge in [-0.3, -0.25) is 4.90 Å². The Morgan fingerprint density at radius 3 is 2.04 bits per heavy atom. The van der Waals surface area contributed by atoms with Gasteiger partial charge in [0, 0.05) is 38.1 Å². The summed E-state index contributed by atoms with van der Waals surface area (Å²) in [6, 6.07) is 0. The molecule has 2 heterocycles. The molecule has 0 aliphatic carbocycles. The molecule has 5 heteroatoms. The summed E-state index contributed by atoms with van der Waals surface area (Å²) in [4.78, 5) is 4.29. The maximum absolute atomic E-state index is 14.8. The Bertz CT molecular complexity index is 451. The minimum absolute atomic E-state index is 0.127. The Morgan fingerprint density at radius 2 is 1.60 bits per heavy atom. The molecule has 0 radical (unpaired) electrons. The zero-order valence-electron chi connectivity index (χ0n) is 17.3. The fourth-order valence-electron chi connectivity index (χ4n) is 5.05. The third-order valence-electron chi connectivity index (χ3n) is 6.76. The van der Waals surface area contributed by atoms with Crippen LogP contribution in [0.1, 0.15) is 53.9 Å². The molecule has 0 aromatic carbocycles. The van der Waals surface area contributed by atoms with Crippen molar-refractivity contribution in [1.29, 1.82) is 0 Å². The van der Waals surface area contributed by atoms with Crippen molar-refractivity contribution in [2.45, 2.75) is 65.4 Å². The van der Waals surface area contributed by atoms with Crippen LogP contribution in [0, 0.1) is 16.7 Å². The van der Waals surface area contributed by atoms with Crippen molar-refractivity contribution >= 4 is 0 Å². The Balaban J connectivity index is 2.08. The number of ether oxygens (including phenoxy) is 1. The van der Waals surface area contributed by atoms with E-state index in [1.807, 2.05) is 25.7 Å². The minimum Gasteiger partial charge on any atom is -0.378 e. The van der Waals surface area contributed by atoms with Crippen LogP contribution in [0.15, 0.2) is 0 Å². The van der Waals surface area contributed by atoms with Crippen molar-refractivity contribution in [2.75, 3.05) is 46.9 Å². The van der Waals surface area contributed by atoms with Gasteiger partial charge in [-0.15, -0.1) is 0 Å². The van der Waals surface area contributed by atoms with Gasteiger partial charge in [-0.25, -0.2) is 8.78 Å². The highest BCUT2D eigenvalue weighted by atomic mass is 19.3. The van der Waals surface area contributed by atoms with Crippen molar-refractivity contribution in [3.63, 3.8) is 0 Å². The standard InChI is InChI=1S/C20H38F2N2O/c1-17(2,3)16-8-11-24(15-20(16,21)22)14-18(4,5)19(25-7)9-12-23(6)13-10-19/h16H,8-15H2,1-7H3. The fraction of sp³-hybridized carbons (Fsp3) is 1.00. The van der Waals surface area contributed by atoms with Crippen LogP contribution in [-0.4, -0.2) is 68.2 Å². The van der Waals surface area contributed by atoms with Crippen LogP contribution in [0.2, 0.25) is 0 Å². The molecule has 0 spiro atoms. The molecule has 0 aromatic heterocycles. The van der Waals surface area contributed by atoms with Gasteiger partial charge in [0.1, 0.15) is 0 Å². The van der Waals surface area contributed by atoms with Gasteiger partial charge in [-0.1, -0.05) is 34.6 Å². The van der Waals surface area contributed by atoms with E-state index in [4.69, 9.17) is 4.74 Å². The lowest BCUT2D eigenvalue weighted by Crippen LogP contribution is -2.60. The number of halogens is 2. The molecule has 1 unspecified atom stereocenters. The molecule has 0 bridgehead atoms. The average Bonchev–Trinajstić information content (AvgIpc) is 2.45. The molecular formula is C20H38F2N2O. The Labute approximate surface area is 153 Å². The third kappa shape index (κ3) is 4.36. The zero-order valence-corrected chi connectivity index (χ0v) is 17.3. The van der Waals surface area contributed by atoms with Gasteiger partial charge < -0.3 is 9.64 Å². The number of piperidine rings is 2. The summed E-state index contributed by atoms with van der Waals surface area (Å²) in [7, 11) is 3.91. The molecule has 1 atom stereocenters. The monoisotopic (exact) mass is 360 g/mol. The summed E-state index contributed by atoms with van der Waals surface area (Å²) in [5, 5.41) is 0. The molecule has 2 rings (SSSR count). The SMILES string of the molecule is COC1(C(C)(C)CN2CCC(C(C)(C)C)C(F)(F)C2)CCN(C)CC1. The molecule has 0 amide bonds. The highest BCUT2D eigenvalue weighted by Gasteiger charge is 2.52. The molecule has 25 heavy (non-hydrogen) atoms. The van der Waals surface area contributed by atoms with E-state index in [0.29, 0.717) is 13.0 Å². The topological polar surface area (TPSA) is 15.7 Å². The van der Waals surface area contributed by atoms with E-state index in [9.17, 15) is 8.78 Å². The first kappa shape index (κ1) is 21.0. The fourth-order valence-corrected chi connectivity index (χ4v) is 5.05. The number of nitrogens with zero attached hydrogens (tertiary/aromatic N) is 2. The van der Waals surface area contributed by atoms with E-state index in [2.05, 4.69) is 25.8 Å². The first-order valence-corrected chi connectivity index (χ1v) is 9.67. The molecular weight excluding hydrogens is 322 g/mol. The van der Waals surface area contributed by atoms with Gasteiger partial charge in [0.15, 0.2) is 0 Å². The second-order valence-electron chi connectivity index (χ2n) is 10.1. The van der Waals surface area contributed by atoms with Crippen molar-refractivity contribution < 1.29 is 13.5 Å². The largest absolute Gasteiger partial charge is 0.378 e. The van der Waals surface area contributed by atoms with E-state index < -0.39 is 11.8 Å². The van der Waals surface area contributed by atoms with Gasteiger partial charge >= 0.3 is 0 Å². The second kappa shape index (κ2) is 7.05. The molecule has 0 aromatic rings. The predicted octanol–water partition coefficient (Wildman–Crippen LogP) is 4.13. The van der Waals surface area contributed by atoms with Crippen molar-refractivity contribution in [3.8, 4) is 0 Å². The lowest BCUT2D eigenvalue weighted by molar-refractivity contribution is -0.170. The summed E-state index contributed by atoms with van der Waals surface area (Å²) in [6.45, 7) is 13.5.